The first-order valence-corrected chi connectivity index (χ1v) is 7.11. The minimum Gasteiger partial charge on any atom is -0.362 e. The number of aromatic nitrogens is 2. The monoisotopic (exact) mass is 314 g/mol. The van der Waals surface area contributed by atoms with Crippen LogP contribution >= 0.6 is 11.8 Å². The van der Waals surface area contributed by atoms with E-state index in [-0.39, 0.29) is 11.5 Å². The van der Waals surface area contributed by atoms with Crippen LogP contribution in [0.3, 0.4) is 0 Å². The standard InChI is InChI=1S/C14H13F3N2OS/c1-8-5-11(9(2)19-8)12(20)7-21-13-4-3-10(6-18-13)14(15,16)17/h3-6,19H,7H2,1-2H3. The topological polar surface area (TPSA) is 45.8 Å². The molecule has 1 N–H and O–H groups in total. The number of aromatic amines is 1. The number of carbonyl (C=O) groups is 1. The Kier molecular flexibility index (Phi) is 4.41. The molecule has 0 aliphatic carbocycles. The Balaban J connectivity index is 2.00. The molecule has 0 saturated carbocycles. The molecule has 0 aliphatic rings. The summed E-state index contributed by atoms with van der Waals surface area (Å²) < 4.78 is 37.2. The van der Waals surface area contributed by atoms with Gasteiger partial charge >= 0.3 is 6.18 Å². The molecule has 2 heterocycles. The third-order valence-corrected chi connectivity index (χ3v) is 3.81. The number of aryl methyl sites for hydroxylation is 2. The van der Waals surface area contributed by atoms with Crippen LogP contribution in [0.4, 0.5) is 13.2 Å². The van der Waals surface area contributed by atoms with Crippen LogP contribution in [0.15, 0.2) is 29.4 Å². The van der Waals surface area contributed by atoms with Crippen molar-refractivity contribution in [3.8, 4) is 0 Å². The van der Waals surface area contributed by atoms with Gasteiger partial charge in [-0.3, -0.25) is 4.79 Å². The van der Waals surface area contributed by atoms with E-state index in [1.807, 2.05) is 6.92 Å². The van der Waals surface area contributed by atoms with Crippen LogP contribution in [0, 0.1) is 13.8 Å². The Bertz CT molecular complexity index is 647. The Morgan fingerprint density at radius 3 is 2.52 bits per heavy atom. The van der Waals surface area contributed by atoms with E-state index < -0.39 is 11.7 Å². The summed E-state index contributed by atoms with van der Waals surface area (Å²) >= 11 is 1.12. The van der Waals surface area contributed by atoms with Gasteiger partial charge < -0.3 is 4.98 Å². The van der Waals surface area contributed by atoms with E-state index in [1.165, 1.54) is 6.07 Å². The summed E-state index contributed by atoms with van der Waals surface area (Å²) in [6.07, 6.45) is -3.62. The summed E-state index contributed by atoms with van der Waals surface area (Å²) in [6, 6.07) is 4.00. The molecule has 2 rings (SSSR count). The van der Waals surface area contributed by atoms with Gasteiger partial charge in [-0.2, -0.15) is 13.2 Å². The molecule has 2 aromatic rings. The van der Waals surface area contributed by atoms with Gasteiger partial charge in [-0.15, -0.1) is 0 Å². The molecule has 0 aliphatic heterocycles. The van der Waals surface area contributed by atoms with Gasteiger partial charge in [0, 0.05) is 23.1 Å². The van der Waals surface area contributed by atoms with Crippen LogP contribution in [0.25, 0.3) is 0 Å². The van der Waals surface area contributed by atoms with Gasteiger partial charge in [-0.05, 0) is 32.0 Å². The van der Waals surface area contributed by atoms with E-state index in [2.05, 4.69) is 9.97 Å². The fourth-order valence-electron chi connectivity index (χ4n) is 1.86. The Morgan fingerprint density at radius 2 is 2.05 bits per heavy atom. The zero-order valence-electron chi connectivity index (χ0n) is 11.4. The fourth-order valence-corrected chi connectivity index (χ4v) is 2.59. The van der Waals surface area contributed by atoms with Crippen LogP contribution in [-0.4, -0.2) is 21.5 Å². The lowest BCUT2D eigenvalue weighted by Crippen LogP contribution is -2.06. The highest BCUT2D eigenvalue weighted by Gasteiger charge is 2.30. The molecule has 0 aromatic carbocycles. The SMILES string of the molecule is Cc1cc(C(=O)CSc2ccc(C(F)(F)F)cn2)c(C)[nH]1. The third kappa shape index (κ3) is 3.87. The first-order valence-electron chi connectivity index (χ1n) is 6.13. The molecule has 3 nitrogen and oxygen atoms in total. The summed E-state index contributed by atoms with van der Waals surface area (Å²) in [6.45, 7) is 3.66. The van der Waals surface area contributed by atoms with E-state index in [0.29, 0.717) is 10.6 Å². The number of carbonyl (C=O) groups excluding carboxylic acids is 1. The number of ketones is 1. The number of alkyl halides is 3. The largest absolute Gasteiger partial charge is 0.417 e. The predicted octanol–water partition coefficient (Wildman–Crippen LogP) is 4.02. The average Bonchev–Trinajstić information content (AvgIpc) is 2.74. The molecule has 0 bridgehead atoms. The molecule has 2 aromatic heterocycles. The van der Waals surface area contributed by atoms with Crippen molar-refractivity contribution < 1.29 is 18.0 Å². The smallest absolute Gasteiger partial charge is 0.362 e. The Hall–Kier alpha value is -1.76. The van der Waals surface area contributed by atoms with Gasteiger partial charge in [0.05, 0.1) is 16.3 Å². The van der Waals surface area contributed by atoms with E-state index in [9.17, 15) is 18.0 Å². The number of rotatable bonds is 4. The molecule has 0 saturated heterocycles. The van der Waals surface area contributed by atoms with Crippen LogP contribution in [0.2, 0.25) is 0 Å². The summed E-state index contributed by atoms with van der Waals surface area (Å²) in [5.41, 5.74) is 1.49. The normalized spacial score (nSPS) is 11.7. The highest BCUT2D eigenvalue weighted by Crippen LogP contribution is 2.29. The van der Waals surface area contributed by atoms with E-state index >= 15 is 0 Å². The molecular weight excluding hydrogens is 301 g/mol. The van der Waals surface area contributed by atoms with Crippen LogP contribution in [0.1, 0.15) is 27.3 Å². The third-order valence-electron chi connectivity index (χ3n) is 2.86. The van der Waals surface area contributed by atoms with Crippen LogP contribution < -0.4 is 0 Å². The number of hydrogen-bond acceptors (Lipinski definition) is 3. The highest BCUT2D eigenvalue weighted by molar-refractivity contribution is 7.99. The quantitative estimate of drug-likeness (QED) is 0.685. The average molecular weight is 314 g/mol. The predicted molar refractivity (Wildman–Crippen MR) is 74.6 cm³/mol. The molecule has 0 atom stereocenters. The summed E-state index contributed by atoms with van der Waals surface area (Å²) in [7, 11) is 0. The van der Waals surface area contributed by atoms with Crippen molar-refractivity contribution in [2.24, 2.45) is 0 Å². The molecule has 0 fully saturated rings. The molecule has 21 heavy (non-hydrogen) atoms. The second kappa shape index (κ2) is 5.93. The molecule has 0 radical (unpaired) electrons. The highest BCUT2D eigenvalue weighted by atomic mass is 32.2. The van der Waals surface area contributed by atoms with Gasteiger partial charge in [0.1, 0.15) is 0 Å². The first kappa shape index (κ1) is 15.6. The minimum atomic E-state index is -4.40. The molecule has 0 spiro atoms. The zero-order valence-corrected chi connectivity index (χ0v) is 12.2. The summed E-state index contributed by atoms with van der Waals surface area (Å²) in [4.78, 5) is 18.8. The van der Waals surface area contributed by atoms with E-state index in [4.69, 9.17) is 0 Å². The number of nitrogens with one attached hydrogen (secondary N) is 1. The van der Waals surface area contributed by atoms with Crippen molar-refractivity contribution in [3.63, 3.8) is 0 Å². The number of nitrogens with zero attached hydrogens (tertiary/aromatic N) is 1. The Labute approximate surface area is 124 Å². The van der Waals surface area contributed by atoms with Gasteiger partial charge in [0.2, 0.25) is 0 Å². The minimum absolute atomic E-state index is 0.0800. The van der Waals surface area contributed by atoms with Crippen molar-refractivity contribution >= 4 is 17.5 Å². The number of pyridine rings is 1. The second-order valence-corrected chi connectivity index (χ2v) is 5.58. The van der Waals surface area contributed by atoms with Crippen molar-refractivity contribution in [1.82, 2.24) is 9.97 Å². The molecule has 112 valence electrons. The fraction of sp³-hybridized carbons (Fsp3) is 0.286. The maximum Gasteiger partial charge on any atom is 0.417 e. The van der Waals surface area contributed by atoms with Crippen molar-refractivity contribution in [3.05, 3.63) is 46.9 Å². The molecule has 0 amide bonds. The molecule has 0 unspecified atom stereocenters. The number of H-pyrrole nitrogens is 1. The number of Topliss-reactive ketones (excluding diaryl/α,β-unsaturated/α-hetero) is 1. The van der Waals surface area contributed by atoms with Gasteiger partial charge in [-0.25, -0.2) is 4.98 Å². The van der Waals surface area contributed by atoms with Crippen molar-refractivity contribution in [2.75, 3.05) is 5.75 Å². The lowest BCUT2D eigenvalue weighted by atomic mass is 10.2. The second-order valence-electron chi connectivity index (χ2n) is 4.59. The van der Waals surface area contributed by atoms with Gasteiger partial charge in [0.25, 0.3) is 0 Å². The number of hydrogen-bond donors (Lipinski definition) is 1. The van der Waals surface area contributed by atoms with Crippen molar-refractivity contribution in [1.29, 1.82) is 0 Å². The maximum atomic E-state index is 12.4. The maximum absolute atomic E-state index is 12.4. The summed E-state index contributed by atoms with van der Waals surface area (Å²) in [5, 5.41) is 0.390. The van der Waals surface area contributed by atoms with E-state index in [1.54, 1.807) is 13.0 Å². The number of thioether (sulfide) groups is 1. The first-order chi connectivity index (χ1) is 9.77. The number of halogens is 3. The van der Waals surface area contributed by atoms with Crippen LogP contribution in [0.5, 0.6) is 0 Å². The lowest BCUT2D eigenvalue weighted by molar-refractivity contribution is -0.137. The molecular formula is C14H13F3N2OS. The van der Waals surface area contributed by atoms with E-state index in [0.717, 1.165) is 35.4 Å². The van der Waals surface area contributed by atoms with Crippen LogP contribution in [-0.2, 0) is 6.18 Å². The lowest BCUT2D eigenvalue weighted by Gasteiger charge is -2.06. The Morgan fingerprint density at radius 1 is 1.33 bits per heavy atom. The van der Waals surface area contributed by atoms with Gasteiger partial charge in [-0.1, -0.05) is 11.8 Å². The zero-order chi connectivity index (χ0) is 15.6. The van der Waals surface area contributed by atoms with Crippen molar-refractivity contribution in [2.45, 2.75) is 25.0 Å². The van der Waals surface area contributed by atoms with Gasteiger partial charge in [0.15, 0.2) is 5.78 Å². The summed E-state index contributed by atoms with van der Waals surface area (Å²) in [5.74, 6) is 0.0554. The molecule has 7 heteroatoms.